The fraction of sp³-hybridized carbons (Fsp3) is 1.00. The first kappa shape index (κ1) is 8.89. The summed E-state index contributed by atoms with van der Waals surface area (Å²) in [6.07, 6.45) is -3.96. The van der Waals surface area contributed by atoms with Gasteiger partial charge in [-0.25, -0.2) is 0 Å². The van der Waals surface area contributed by atoms with E-state index >= 15 is 0 Å². The standard InChI is InChI=1S/C6H13NO4/c1-2-4(8)3(7)5(9)6(10)11-2/h2-6,8-10H,7H2,1H3/t2-,3+,4-,5+,6+/m1/s1. The van der Waals surface area contributed by atoms with Crippen LogP contribution in [-0.2, 0) is 4.74 Å². The van der Waals surface area contributed by atoms with Crippen molar-refractivity contribution in [1.82, 2.24) is 0 Å². The summed E-state index contributed by atoms with van der Waals surface area (Å²) in [6.45, 7) is 1.58. The minimum absolute atomic E-state index is 0.539. The second-order valence-corrected chi connectivity index (χ2v) is 2.79. The van der Waals surface area contributed by atoms with Crippen molar-refractivity contribution in [2.24, 2.45) is 5.73 Å². The maximum absolute atomic E-state index is 9.21. The van der Waals surface area contributed by atoms with Gasteiger partial charge in [-0.15, -0.1) is 0 Å². The third-order valence-electron chi connectivity index (χ3n) is 1.92. The first-order valence-corrected chi connectivity index (χ1v) is 3.49. The number of aliphatic hydroxyl groups excluding tert-OH is 3. The largest absolute Gasteiger partial charge is 0.389 e. The average Bonchev–Trinajstić information content (AvgIpc) is 1.97. The Morgan fingerprint density at radius 3 is 2.27 bits per heavy atom. The predicted octanol–water partition coefficient (Wildman–Crippen LogP) is -2.23. The summed E-state index contributed by atoms with van der Waals surface area (Å²) in [5.74, 6) is 0. The second kappa shape index (κ2) is 3.04. The van der Waals surface area contributed by atoms with Gasteiger partial charge in [0.05, 0.1) is 18.2 Å². The maximum atomic E-state index is 9.21. The molecule has 1 rings (SSSR count). The zero-order chi connectivity index (χ0) is 8.59. The molecule has 1 heterocycles. The van der Waals surface area contributed by atoms with Gasteiger partial charge in [-0.3, -0.25) is 0 Å². The van der Waals surface area contributed by atoms with Crippen LogP contribution < -0.4 is 5.73 Å². The van der Waals surface area contributed by atoms with Crippen LogP contribution in [0.15, 0.2) is 0 Å². The Hall–Kier alpha value is -0.200. The van der Waals surface area contributed by atoms with E-state index in [0.29, 0.717) is 0 Å². The van der Waals surface area contributed by atoms with Crippen LogP contribution in [0, 0.1) is 0 Å². The van der Waals surface area contributed by atoms with Gasteiger partial charge in [0.1, 0.15) is 6.10 Å². The fourth-order valence-corrected chi connectivity index (χ4v) is 1.09. The highest BCUT2D eigenvalue weighted by atomic mass is 16.6. The highest BCUT2D eigenvalue weighted by molar-refractivity contribution is 4.89. The number of hydrogen-bond donors (Lipinski definition) is 4. The van der Waals surface area contributed by atoms with Gasteiger partial charge in [0.25, 0.3) is 0 Å². The molecule has 0 aromatic rings. The Kier molecular flexibility index (Phi) is 2.46. The van der Waals surface area contributed by atoms with Crippen LogP contribution in [-0.4, -0.2) is 46.0 Å². The molecule has 66 valence electrons. The van der Waals surface area contributed by atoms with E-state index in [-0.39, 0.29) is 0 Å². The Balaban J connectivity index is 2.63. The molecule has 0 unspecified atom stereocenters. The molecule has 0 radical (unpaired) electrons. The number of hydrogen-bond acceptors (Lipinski definition) is 5. The van der Waals surface area contributed by atoms with Crippen molar-refractivity contribution in [2.75, 3.05) is 0 Å². The van der Waals surface area contributed by atoms with E-state index in [1.165, 1.54) is 0 Å². The minimum Gasteiger partial charge on any atom is -0.389 e. The molecule has 1 saturated heterocycles. The third kappa shape index (κ3) is 1.52. The smallest absolute Gasteiger partial charge is 0.182 e. The molecule has 5 heteroatoms. The molecular formula is C6H13NO4. The molecule has 5 nitrogen and oxygen atoms in total. The van der Waals surface area contributed by atoms with Gasteiger partial charge in [-0.05, 0) is 6.92 Å². The van der Waals surface area contributed by atoms with Gasteiger partial charge < -0.3 is 25.8 Å². The van der Waals surface area contributed by atoms with E-state index in [1.807, 2.05) is 0 Å². The SMILES string of the molecule is C[C@H]1O[C@H](O)[C@@H](O)[C@@H](N)[C@@H]1O. The molecule has 0 aliphatic carbocycles. The van der Waals surface area contributed by atoms with Crippen LogP contribution in [0.4, 0.5) is 0 Å². The number of aliphatic hydroxyl groups is 3. The summed E-state index contributed by atoms with van der Waals surface area (Å²) in [4.78, 5) is 0. The predicted molar refractivity (Wildman–Crippen MR) is 36.5 cm³/mol. The molecule has 0 spiro atoms. The zero-order valence-corrected chi connectivity index (χ0v) is 6.21. The second-order valence-electron chi connectivity index (χ2n) is 2.79. The average molecular weight is 163 g/mol. The van der Waals surface area contributed by atoms with Crippen molar-refractivity contribution in [3.8, 4) is 0 Å². The monoisotopic (exact) mass is 163 g/mol. The first-order valence-electron chi connectivity index (χ1n) is 3.49. The molecule has 1 aliphatic heterocycles. The van der Waals surface area contributed by atoms with Crippen LogP contribution in [0.25, 0.3) is 0 Å². The highest BCUT2D eigenvalue weighted by Crippen LogP contribution is 2.17. The molecule has 5 N–H and O–H groups in total. The van der Waals surface area contributed by atoms with Crippen molar-refractivity contribution < 1.29 is 20.1 Å². The number of rotatable bonds is 0. The Morgan fingerprint density at radius 2 is 1.73 bits per heavy atom. The third-order valence-corrected chi connectivity index (χ3v) is 1.92. The highest BCUT2D eigenvalue weighted by Gasteiger charge is 2.39. The normalized spacial score (nSPS) is 52.6. The minimum atomic E-state index is -1.29. The van der Waals surface area contributed by atoms with Crippen LogP contribution in [0.2, 0.25) is 0 Å². The summed E-state index contributed by atoms with van der Waals surface area (Å²) in [7, 11) is 0. The lowest BCUT2D eigenvalue weighted by molar-refractivity contribution is -0.247. The van der Waals surface area contributed by atoms with E-state index in [2.05, 4.69) is 0 Å². The molecule has 0 aromatic heterocycles. The fourth-order valence-electron chi connectivity index (χ4n) is 1.09. The molecule has 11 heavy (non-hydrogen) atoms. The van der Waals surface area contributed by atoms with E-state index in [0.717, 1.165) is 0 Å². The van der Waals surface area contributed by atoms with Crippen molar-refractivity contribution in [3.05, 3.63) is 0 Å². The Labute approximate surface area is 64.4 Å². The molecule has 1 fully saturated rings. The summed E-state index contributed by atoms with van der Waals surface area (Å²) in [6, 6.07) is -0.839. The van der Waals surface area contributed by atoms with E-state index in [9.17, 15) is 5.11 Å². The van der Waals surface area contributed by atoms with E-state index in [1.54, 1.807) is 6.92 Å². The molecule has 0 saturated carbocycles. The first-order chi connectivity index (χ1) is 5.04. The van der Waals surface area contributed by atoms with Crippen LogP contribution >= 0.6 is 0 Å². The molecular weight excluding hydrogens is 150 g/mol. The molecule has 0 aromatic carbocycles. The zero-order valence-electron chi connectivity index (χ0n) is 6.21. The Bertz CT molecular complexity index is 129. The van der Waals surface area contributed by atoms with Crippen LogP contribution in [0.1, 0.15) is 6.92 Å². The van der Waals surface area contributed by atoms with Crippen molar-refractivity contribution in [1.29, 1.82) is 0 Å². The molecule has 0 bridgehead atoms. The van der Waals surface area contributed by atoms with E-state index in [4.69, 9.17) is 20.7 Å². The summed E-state index contributed by atoms with van der Waals surface area (Å²) in [5, 5.41) is 27.3. The van der Waals surface area contributed by atoms with Gasteiger partial charge >= 0.3 is 0 Å². The van der Waals surface area contributed by atoms with Gasteiger partial charge in [0.15, 0.2) is 6.29 Å². The van der Waals surface area contributed by atoms with Crippen LogP contribution in [0.3, 0.4) is 0 Å². The van der Waals surface area contributed by atoms with Crippen LogP contribution in [0.5, 0.6) is 0 Å². The summed E-state index contributed by atoms with van der Waals surface area (Å²) >= 11 is 0. The Morgan fingerprint density at radius 1 is 1.18 bits per heavy atom. The lowest BCUT2D eigenvalue weighted by Gasteiger charge is -2.37. The maximum Gasteiger partial charge on any atom is 0.182 e. The van der Waals surface area contributed by atoms with Crippen molar-refractivity contribution in [3.63, 3.8) is 0 Å². The number of ether oxygens (including phenoxy) is 1. The van der Waals surface area contributed by atoms with Gasteiger partial charge in [-0.1, -0.05) is 0 Å². The van der Waals surface area contributed by atoms with E-state index < -0.39 is 30.6 Å². The van der Waals surface area contributed by atoms with Crippen molar-refractivity contribution >= 4 is 0 Å². The molecule has 5 atom stereocenters. The van der Waals surface area contributed by atoms with Gasteiger partial charge in [0.2, 0.25) is 0 Å². The lowest BCUT2D eigenvalue weighted by Crippen LogP contribution is -2.60. The van der Waals surface area contributed by atoms with Gasteiger partial charge in [-0.2, -0.15) is 0 Å². The summed E-state index contributed by atoms with van der Waals surface area (Å²) < 4.78 is 4.76. The van der Waals surface area contributed by atoms with Crippen molar-refractivity contribution in [2.45, 2.75) is 37.6 Å². The molecule has 0 amide bonds. The molecule has 1 aliphatic rings. The van der Waals surface area contributed by atoms with Gasteiger partial charge in [0, 0.05) is 0 Å². The summed E-state index contributed by atoms with van der Waals surface area (Å²) in [5.41, 5.74) is 5.36. The number of nitrogens with two attached hydrogens (primary N) is 1. The topological polar surface area (TPSA) is 95.9 Å². The quantitative estimate of drug-likeness (QED) is 0.324. The lowest BCUT2D eigenvalue weighted by atomic mass is 9.98.